The molecule has 6 nitrogen and oxygen atoms in total. The molecule has 0 aromatic heterocycles. The lowest BCUT2D eigenvalue weighted by atomic mass is 10.1. The Labute approximate surface area is 209 Å². The number of benzene rings is 3. The second-order valence-electron chi connectivity index (χ2n) is 7.78. The number of ether oxygens (including phenoxy) is 3. The van der Waals surface area contributed by atoms with E-state index in [2.05, 4.69) is 0 Å². The number of carbonyl (C=O) groups excluding carboxylic acids is 1. The Hall–Kier alpha value is -3.95. The van der Waals surface area contributed by atoms with Gasteiger partial charge in [-0.1, -0.05) is 48.0 Å². The maximum absolute atomic E-state index is 13.1. The fourth-order valence-electron chi connectivity index (χ4n) is 3.90. The van der Waals surface area contributed by atoms with Crippen LogP contribution >= 0.6 is 11.6 Å². The zero-order chi connectivity index (χ0) is 24.6. The van der Waals surface area contributed by atoms with Gasteiger partial charge in [-0.2, -0.15) is 5.26 Å². The summed E-state index contributed by atoms with van der Waals surface area (Å²) in [6.07, 6.45) is 2.29. The molecule has 178 valence electrons. The summed E-state index contributed by atoms with van der Waals surface area (Å²) in [5, 5.41) is 10.0. The number of para-hydroxylation sites is 2. The van der Waals surface area contributed by atoms with Crippen molar-refractivity contribution in [3.05, 3.63) is 88.5 Å². The van der Waals surface area contributed by atoms with Gasteiger partial charge in [0.05, 0.1) is 11.6 Å². The molecule has 0 unspecified atom stereocenters. The van der Waals surface area contributed by atoms with Gasteiger partial charge < -0.3 is 19.1 Å². The minimum Gasteiger partial charge on any atom is -0.490 e. The van der Waals surface area contributed by atoms with Crippen LogP contribution < -0.4 is 19.1 Å². The molecule has 35 heavy (non-hydrogen) atoms. The van der Waals surface area contributed by atoms with Crippen LogP contribution in [0.4, 0.5) is 5.69 Å². The Balaban J connectivity index is 1.51. The molecule has 0 N–H and O–H groups in total. The molecule has 0 saturated carbocycles. The molecule has 0 bridgehead atoms. The first-order chi connectivity index (χ1) is 17.1. The lowest BCUT2D eigenvalue weighted by molar-refractivity contribution is -0.114. The molecule has 3 aromatic rings. The molecule has 7 heteroatoms. The van der Waals surface area contributed by atoms with Gasteiger partial charge in [0.25, 0.3) is 5.91 Å². The molecule has 1 aliphatic heterocycles. The average molecular weight is 489 g/mol. The number of halogens is 1. The van der Waals surface area contributed by atoms with Gasteiger partial charge in [-0.15, -0.1) is 0 Å². The Morgan fingerprint density at radius 3 is 2.57 bits per heavy atom. The first-order valence-electron chi connectivity index (χ1n) is 11.4. The number of fused-ring (bicyclic) bond motifs is 1. The SMILES string of the molecule is CCOc1cc(C=C(C#N)C(=O)N2CCc3ccccc32)cc(Cl)c1OCCOc1ccccc1. The third kappa shape index (κ3) is 5.76. The van der Waals surface area contributed by atoms with Crippen LogP contribution in [0, 0.1) is 11.3 Å². The first kappa shape index (κ1) is 24.2. The topological polar surface area (TPSA) is 71.8 Å². The van der Waals surface area contributed by atoms with E-state index in [-0.39, 0.29) is 18.1 Å². The molecular formula is C28H25ClN2O4. The maximum Gasteiger partial charge on any atom is 0.268 e. The predicted molar refractivity (Wildman–Crippen MR) is 136 cm³/mol. The molecule has 1 amide bonds. The molecule has 0 fully saturated rings. The number of anilines is 1. The standard InChI is InChI=1S/C28H25ClN2O4/c1-2-33-26-18-20(17-24(29)27(26)35-15-14-34-23-9-4-3-5-10-23)16-22(19-30)28(32)31-13-12-21-8-6-7-11-25(21)31/h3-11,16-18H,2,12-15H2,1H3. The summed E-state index contributed by atoms with van der Waals surface area (Å²) < 4.78 is 17.3. The Morgan fingerprint density at radius 2 is 1.80 bits per heavy atom. The van der Waals surface area contributed by atoms with E-state index in [1.807, 2.05) is 67.6 Å². The van der Waals surface area contributed by atoms with E-state index >= 15 is 0 Å². The average Bonchev–Trinajstić information content (AvgIpc) is 3.31. The normalized spacial score (nSPS) is 12.6. The van der Waals surface area contributed by atoms with Crippen molar-refractivity contribution in [1.29, 1.82) is 5.26 Å². The van der Waals surface area contributed by atoms with E-state index in [0.29, 0.717) is 41.8 Å². The monoisotopic (exact) mass is 488 g/mol. The summed E-state index contributed by atoms with van der Waals surface area (Å²) in [6.45, 7) is 3.39. The van der Waals surface area contributed by atoms with Crippen molar-refractivity contribution < 1.29 is 19.0 Å². The summed E-state index contributed by atoms with van der Waals surface area (Å²) in [7, 11) is 0. The van der Waals surface area contributed by atoms with Gasteiger partial charge in [0.1, 0.15) is 30.6 Å². The fourth-order valence-corrected chi connectivity index (χ4v) is 4.17. The largest absolute Gasteiger partial charge is 0.490 e. The minimum atomic E-state index is -0.343. The van der Waals surface area contributed by atoms with Crippen LogP contribution in [0.5, 0.6) is 17.2 Å². The lowest BCUT2D eigenvalue weighted by Crippen LogP contribution is -2.29. The molecule has 4 rings (SSSR count). The number of hydrogen-bond acceptors (Lipinski definition) is 5. The lowest BCUT2D eigenvalue weighted by Gasteiger charge is -2.17. The highest BCUT2D eigenvalue weighted by molar-refractivity contribution is 6.32. The van der Waals surface area contributed by atoms with Gasteiger partial charge >= 0.3 is 0 Å². The summed E-state index contributed by atoms with van der Waals surface area (Å²) in [4.78, 5) is 14.8. The quantitative estimate of drug-likeness (QED) is 0.220. The van der Waals surface area contributed by atoms with Gasteiger partial charge in [0.15, 0.2) is 11.5 Å². The third-order valence-electron chi connectivity index (χ3n) is 5.47. The summed E-state index contributed by atoms with van der Waals surface area (Å²) in [5.74, 6) is 1.23. The molecule has 0 aliphatic carbocycles. The number of carbonyl (C=O) groups is 1. The van der Waals surface area contributed by atoms with E-state index in [0.717, 1.165) is 23.4 Å². The number of nitrogens with zero attached hydrogens (tertiary/aromatic N) is 2. The molecule has 0 atom stereocenters. The summed E-state index contributed by atoms with van der Waals surface area (Å²) in [5.41, 5.74) is 2.53. The van der Waals surface area contributed by atoms with Crippen molar-refractivity contribution >= 4 is 29.3 Å². The highest BCUT2D eigenvalue weighted by Crippen LogP contribution is 2.37. The Morgan fingerprint density at radius 1 is 1.06 bits per heavy atom. The number of nitriles is 1. The van der Waals surface area contributed by atoms with E-state index in [4.69, 9.17) is 25.8 Å². The molecule has 0 saturated heterocycles. The van der Waals surface area contributed by atoms with Crippen molar-refractivity contribution in [3.8, 4) is 23.3 Å². The summed E-state index contributed by atoms with van der Waals surface area (Å²) >= 11 is 6.51. The van der Waals surface area contributed by atoms with Crippen molar-refractivity contribution in [1.82, 2.24) is 0 Å². The third-order valence-corrected chi connectivity index (χ3v) is 5.75. The molecule has 1 heterocycles. The number of amides is 1. The number of rotatable bonds is 9. The van der Waals surface area contributed by atoms with Crippen molar-refractivity contribution in [3.63, 3.8) is 0 Å². The van der Waals surface area contributed by atoms with Crippen LogP contribution in [0.3, 0.4) is 0 Å². The Kier molecular flexibility index (Phi) is 7.92. The van der Waals surface area contributed by atoms with Crippen LogP contribution in [0.1, 0.15) is 18.1 Å². The van der Waals surface area contributed by atoms with Crippen LogP contribution in [0.25, 0.3) is 6.08 Å². The van der Waals surface area contributed by atoms with Gasteiger partial charge in [-0.05, 0) is 60.9 Å². The van der Waals surface area contributed by atoms with E-state index < -0.39 is 0 Å². The van der Waals surface area contributed by atoms with Crippen LogP contribution in [-0.4, -0.2) is 32.3 Å². The van der Waals surface area contributed by atoms with Gasteiger partial charge in [-0.25, -0.2) is 0 Å². The number of hydrogen-bond donors (Lipinski definition) is 0. The highest BCUT2D eigenvalue weighted by Gasteiger charge is 2.26. The first-order valence-corrected chi connectivity index (χ1v) is 11.8. The predicted octanol–water partition coefficient (Wildman–Crippen LogP) is 5.69. The zero-order valence-electron chi connectivity index (χ0n) is 19.4. The van der Waals surface area contributed by atoms with Crippen LogP contribution in [-0.2, 0) is 11.2 Å². The van der Waals surface area contributed by atoms with Crippen molar-refractivity contribution in [2.75, 3.05) is 31.3 Å². The van der Waals surface area contributed by atoms with E-state index in [1.54, 1.807) is 17.0 Å². The maximum atomic E-state index is 13.1. The van der Waals surface area contributed by atoms with Gasteiger partial charge in [-0.3, -0.25) is 4.79 Å². The van der Waals surface area contributed by atoms with Crippen molar-refractivity contribution in [2.45, 2.75) is 13.3 Å². The van der Waals surface area contributed by atoms with E-state index in [1.165, 1.54) is 6.08 Å². The second kappa shape index (κ2) is 11.5. The molecule has 3 aromatic carbocycles. The van der Waals surface area contributed by atoms with Crippen LogP contribution in [0.15, 0.2) is 72.3 Å². The van der Waals surface area contributed by atoms with Gasteiger partial charge in [0.2, 0.25) is 0 Å². The van der Waals surface area contributed by atoms with Crippen LogP contribution in [0.2, 0.25) is 5.02 Å². The summed E-state index contributed by atoms with van der Waals surface area (Å²) in [6, 6.07) is 22.6. The zero-order valence-corrected chi connectivity index (χ0v) is 20.1. The molecule has 1 aliphatic rings. The molecular weight excluding hydrogens is 464 g/mol. The fraction of sp³-hybridized carbons (Fsp3) is 0.214. The second-order valence-corrected chi connectivity index (χ2v) is 8.19. The highest BCUT2D eigenvalue weighted by atomic mass is 35.5. The Bertz CT molecular complexity index is 1270. The van der Waals surface area contributed by atoms with E-state index in [9.17, 15) is 10.1 Å². The molecule has 0 spiro atoms. The minimum absolute atomic E-state index is 0.0187. The molecule has 0 radical (unpaired) electrons. The van der Waals surface area contributed by atoms with Crippen molar-refractivity contribution in [2.24, 2.45) is 0 Å². The van der Waals surface area contributed by atoms with Gasteiger partial charge in [0, 0.05) is 12.2 Å². The smallest absolute Gasteiger partial charge is 0.268 e.